The molecule has 0 aromatic heterocycles. The third kappa shape index (κ3) is 3.62. The Morgan fingerprint density at radius 1 is 0.840 bits per heavy atom. The van der Waals surface area contributed by atoms with Gasteiger partial charge in [0.2, 0.25) is 0 Å². The number of Topliss-reactive ketones (excluding diaryl/α,β-unsaturated/α-hetero) is 1. The fourth-order valence-corrected chi connectivity index (χ4v) is 4.30. The molecule has 2 saturated heterocycles. The standard InChI is InChI=1S/C22H26N2O/c25-22(18-8-3-1-4-9-18)19-10-7-14-23(16-19)21-13-15-24(17-21)20-11-5-2-6-12-20/h1-6,8-9,11-12,19,21H,7,10,13-17H2/t19-,21+/m0/s1. The Bertz CT molecular complexity index is 700. The van der Waals surface area contributed by atoms with Gasteiger partial charge in [-0.05, 0) is 37.9 Å². The van der Waals surface area contributed by atoms with Gasteiger partial charge in [-0.25, -0.2) is 0 Å². The molecule has 0 radical (unpaired) electrons. The topological polar surface area (TPSA) is 23.6 Å². The minimum Gasteiger partial charge on any atom is -0.370 e. The number of carbonyl (C=O) groups is 1. The summed E-state index contributed by atoms with van der Waals surface area (Å²) in [5.74, 6) is 0.477. The van der Waals surface area contributed by atoms with Crippen molar-refractivity contribution in [1.82, 2.24) is 4.90 Å². The van der Waals surface area contributed by atoms with Crippen molar-refractivity contribution >= 4 is 11.5 Å². The van der Waals surface area contributed by atoms with Crippen LogP contribution in [0.15, 0.2) is 60.7 Å². The Balaban J connectivity index is 1.39. The van der Waals surface area contributed by atoms with Crippen LogP contribution in [0.25, 0.3) is 0 Å². The Hall–Kier alpha value is -2.13. The highest BCUT2D eigenvalue weighted by Gasteiger charge is 2.33. The lowest BCUT2D eigenvalue weighted by molar-refractivity contribution is 0.0770. The van der Waals surface area contributed by atoms with E-state index in [0.29, 0.717) is 11.8 Å². The first-order chi connectivity index (χ1) is 12.3. The van der Waals surface area contributed by atoms with Gasteiger partial charge in [0.1, 0.15) is 0 Å². The minimum absolute atomic E-state index is 0.155. The predicted molar refractivity (Wildman–Crippen MR) is 102 cm³/mol. The van der Waals surface area contributed by atoms with E-state index in [-0.39, 0.29) is 5.92 Å². The van der Waals surface area contributed by atoms with Gasteiger partial charge in [-0.3, -0.25) is 9.69 Å². The van der Waals surface area contributed by atoms with Crippen LogP contribution < -0.4 is 4.90 Å². The van der Waals surface area contributed by atoms with Gasteiger partial charge < -0.3 is 4.90 Å². The zero-order valence-corrected chi connectivity index (χ0v) is 14.7. The number of para-hydroxylation sites is 1. The van der Waals surface area contributed by atoms with E-state index < -0.39 is 0 Å². The van der Waals surface area contributed by atoms with Crippen molar-refractivity contribution in [3.63, 3.8) is 0 Å². The van der Waals surface area contributed by atoms with E-state index in [9.17, 15) is 4.79 Å². The molecule has 0 aliphatic carbocycles. The summed E-state index contributed by atoms with van der Waals surface area (Å²) in [6.07, 6.45) is 3.35. The SMILES string of the molecule is O=C(c1ccccc1)[C@H]1CCCN([C@@H]2CCN(c3ccccc3)C2)C1. The number of benzene rings is 2. The summed E-state index contributed by atoms with van der Waals surface area (Å²) >= 11 is 0. The highest BCUT2D eigenvalue weighted by atomic mass is 16.1. The van der Waals surface area contributed by atoms with Crippen molar-refractivity contribution in [1.29, 1.82) is 0 Å². The molecule has 0 bridgehead atoms. The highest BCUT2D eigenvalue weighted by molar-refractivity contribution is 5.98. The van der Waals surface area contributed by atoms with Crippen molar-refractivity contribution < 1.29 is 4.79 Å². The first-order valence-corrected chi connectivity index (χ1v) is 9.44. The molecule has 2 aromatic rings. The summed E-state index contributed by atoms with van der Waals surface area (Å²) in [5, 5.41) is 0. The van der Waals surface area contributed by atoms with Gasteiger partial charge in [0.25, 0.3) is 0 Å². The number of piperidine rings is 1. The zero-order chi connectivity index (χ0) is 17.1. The van der Waals surface area contributed by atoms with Gasteiger partial charge in [0, 0.05) is 42.8 Å². The van der Waals surface area contributed by atoms with Crippen molar-refractivity contribution in [2.24, 2.45) is 5.92 Å². The van der Waals surface area contributed by atoms with Crippen LogP contribution in [0.2, 0.25) is 0 Å². The number of likely N-dealkylation sites (tertiary alicyclic amines) is 1. The summed E-state index contributed by atoms with van der Waals surface area (Å²) in [4.78, 5) is 17.9. The molecule has 2 heterocycles. The lowest BCUT2D eigenvalue weighted by Crippen LogP contribution is -2.45. The lowest BCUT2D eigenvalue weighted by Gasteiger charge is -2.36. The molecule has 0 amide bonds. The number of ketones is 1. The molecule has 130 valence electrons. The number of carbonyl (C=O) groups excluding carboxylic acids is 1. The molecule has 4 rings (SSSR count). The average molecular weight is 334 g/mol. The third-order valence-corrected chi connectivity index (χ3v) is 5.68. The molecule has 3 nitrogen and oxygen atoms in total. The van der Waals surface area contributed by atoms with Crippen LogP contribution >= 0.6 is 0 Å². The first kappa shape index (κ1) is 16.3. The molecule has 0 saturated carbocycles. The number of rotatable bonds is 4. The molecular weight excluding hydrogens is 308 g/mol. The zero-order valence-electron chi connectivity index (χ0n) is 14.7. The smallest absolute Gasteiger partial charge is 0.167 e. The van der Waals surface area contributed by atoms with Crippen LogP contribution in [0.5, 0.6) is 0 Å². The number of nitrogens with zero attached hydrogens (tertiary/aromatic N) is 2. The Morgan fingerprint density at radius 2 is 1.56 bits per heavy atom. The molecule has 0 spiro atoms. The van der Waals surface area contributed by atoms with E-state index in [1.807, 2.05) is 30.3 Å². The Morgan fingerprint density at radius 3 is 2.32 bits per heavy atom. The van der Waals surface area contributed by atoms with E-state index in [1.165, 1.54) is 12.1 Å². The van der Waals surface area contributed by atoms with Crippen LogP contribution in [0.3, 0.4) is 0 Å². The molecule has 25 heavy (non-hydrogen) atoms. The monoisotopic (exact) mass is 334 g/mol. The quantitative estimate of drug-likeness (QED) is 0.793. The van der Waals surface area contributed by atoms with Crippen molar-refractivity contribution in [3.8, 4) is 0 Å². The number of hydrogen-bond donors (Lipinski definition) is 0. The third-order valence-electron chi connectivity index (χ3n) is 5.68. The molecule has 2 aromatic carbocycles. The lowest BCUT2D eigenvalue weighted by atomic mass is 9.89. The molecular formula is C22H26N2O. The van der Waals surface area contributed by atoms with Gasteiger partial charge >= 0.3 is 0 Å². The second-order valence-corrected chi connectivity index (χ2v) is 7.29. The van der Waals surface area contributed by atoms with Crippen LogP contribution in [-0.2, 0) is 0 Å². The number of anilines is 1. The second-order valence-electron chi connectivity index (χ2n) is 7.29. The first-order valence-electron chi connectivity index (χ1n) is 9.44. The average Bonchev–Trinajstić information content (AvgIpc) is 3.19. The predicted octanol–water partition coefficient (Wildman–Crippen LogP) is 3.86. The van der Waals surface area contributed by atoms with E-state index >= 15 is 0 Å². The Kier molecular flexibility index (Phi) is 4.84. The second kappa shape index (κ2) is 7.40. The van der Waals surface area contributed by atoms with E-state index in [1.54, 1.807) is 0 Å². The summed E-state index contributed by atoms with van der Waals surface area (Å²) in [5.41, 5.74) is 2.19. The Labute approximate surface area is 150 Å². The molecule has 0 N–H and O–H groups in total. The summed E-state index contributed by atoms with van der Waals surface area (Å²) in [7, 11) is 0. The molecule has 3 heteroatoms. The van der Waals surface area contributed by atoms with Crippen molar-refractivity contribution in [2.75, 3.05) is 31.1 Å². The molecule has 0 unspecified atom stereocenters. The fraction of sp³-hybridized carbons (Fsp3) is 0.409. The van der Waals surface area contributed by atoms with Gasteiger partial charge in [0.15, 0.2) is 5.78 Å². The maximum absolute atomic E-state index is 12.8. The maximum atomic E-state index is 12.8. The van der Waals surface area contributed by atoms with Crippen LogP contribution in [-0.4, -0.2) is 42.9 Å². The fourth-order valence-electron chi connectivity index (χ4n) is 4.30. The maximum Gasteiger partial charge on any atom is 0.167 e. The summed E-state index contributed by atoms with van der Waals surface area (Å²) in [6, 6.07) is 21.1. The van der Waals surface area contributed by atoms with Crippen LogP contribution in [0, 0.1) is 5.92 Å². The van der Waals surface area contributed by atoms with Crippen LogP contribution in [0.1, 0.15) is 29.6 Å². The molecule has 2 aliphatic rings. The van der Waals surface area contributed by atoms with Gasteiger partial charge in [-0.1, -0.05) is 48.5 Å². The van der Waals surface area contributed by atoms with Gasteiger partial charge in [-0.15, -0.1) is 0 Å². The number of hydrogen-bond acceptors (Lipinski definition) is 3. The van der Waals surface area contributed by atoms with Crippen molar-refractivity contribution in [3.05, 3.63) is 66.2 Å². The molecule has 2 atom stereocenters. The van der Waals surface area contributed by atoms with Crippen molar-refractivity contribution in [2.45, 2.75) is 25.3 Å². The van der Waals surface area contributed by atoms with E-state index in [4.69, 9.17) is 0 Å². The van der Waals surface area contributed by atoms with Gasteiger partial charge in [0.05, 0.1) is 0 Å². The summed E-state index contributed by atoms with van der Waals surface area (Å²) in [6.45, 7) is 4.24. The summed E-state index contributed by atoms with van der Waals surface area (Å²) < 4.78 is 0. The molecule has 2 aliphatic heterocycles. The van der Waals surface area contributed by atoms with Crippen LogP contribution in [0.4, 0.5) is 5.69 Å². The van der Waals surface area contributed by atoms with E-state index in [0.717, 1.165) is 44.6 Å². The normalized spacial score (nSPS) is 24.4. The minimum atomic E-state index is 0.155. The highest BCUT2D eigenvalue weighted by Crippen LogP contribution is 2.27. The van der Waals surface area contributed by atoms with Gasteiger partial charge in [-0.2, -0.15) is 0 Å². The van der Waals surface area contributed by atoms with E-state index in [2.05, 4.69) is 40.1 Å². The largest absolute Gasteiger partial charge is 0.370 e. The molecule has 2 fully saturated rings.